The Hall–Kier alpha value is -1.66. The smallest absolute Gasteiger partial charge is 0.246 e. The number of hydrogen-bond donors (Lipinski definition) is 1. The number of hydrogen-bond acceptors (Lipinski definition) is 3. The van der Waals surface area contributed by atoms with Gasteiger partial charge in [0, 0.05) is 25.2 Å². The Balaban J connectivity index is 1.89. The van der Waals surface area contributed by atoms with E-state index in [4.69, 9.17) is 0 Å². The molecule has 0 spiro atoms. The number of nitrogens with zero attached hydrogens (tertiary/aromatic N) is 1. The van der Waals surface area contributed by atoms with E-state index in [9.17, 15) is 13.2 Å². The Morgan fingerprint density at radius 2 is 1.91 bits per heavy atom. The van der Waals surface area contributed by atoms with Crippen LogP contribution in [0.4, 0.5) is 0 Å². The molecule has 2 rings (SSSR count). The zero-order chi connectivity index (χ0) is 16.2. The van der Waals surface area contributed by atoms with Crippen LogP contribution in [0.15, 0.2) is 30.3 Å². The Kier molecular flexibility index (Phi) is 5.37. The largest absolute Gasteiger partial charge is 0.339 e. The van der Waals surface area contributed by atoms with E-state index in [1.807, 2.05) is 37.3 Å². The molecule has 1 heterocycles. The lowest BCUT2D eigenvalue weighted by Crippen LogP contribution is -2.45. The molecule has 1 aromatic rings. The van der Waals surface area contributed by atoms with Crippen LogP contribution in [0.3, 0.4) is 0 Å². The van der Waals surface area contributed by atoms with Crippen molar-refractivity contribution in [2.75, 3.05) is 19.3 Å². The highest BCUT2D eigenvalue weighted by atomic mass is 32.2. The van der Waals surface area contributed by atoms with Crippen molar-refractivity contribution in [1.82, 2.24) is 9.62 Å². The van der Waals surface area contributed by atoms with Gasteiger partial charge in [-0.15, -0.1) is 0 Å². The van der Waals surface area contributed by atoms with Crippen LogP contribution in [-0.4, -0.2) is 44.6 Å². The summed E-state index contributed by atoms with van der Waals surface area (Å²) in [6.07, 6.45) is 5.88. The Labute approximate surface area is 132 Å². The van der Waals surface area contributed by atoms with Crippen molar-refractivity contribution in [3.63, 3.8) is 0 Å². The number of aryl methyl sites for hydroxylation is 1. The van der Waals surface area contributed by atoms with Crippen LogP contribution >= 0.6 is 0 Å². The molecule has 0 atom stereocenters. The fourth-order valence-electron chi connectivity index (χ4n) is 2.56. The van der Waals surface area contributed by atoms with Crippen molar-refractivity contribution in [2.24, 2.45) is 0 Å². The summed E-state index contributed by atoms with van der Waals surface area (Å²) in [5, 5.41) is 0. The van der Waals surface area contributed by atoms with Crippen molar-refractivity contribution >= 4 is 22.0 Å². The molecule has 1 amide bonds. The summed E-state index contributed by atoms with van der Waals surface area (Å²) in [7, 11) is -3.18. The van der Waals surface area contributed by atoms with Gasteiger partial charge in [0.05, 0.1) is 6.26 Å². The quantitative estimate of drug-likeness (QED) is 0.855. The molecule has 0 aliphatic carbocycles. The van der Waals surface area contributed by atoms with Crippen LogP contribution in [0, 0.1) is 6.92 Å². The van der Waals surface area contributed by atoms with Gasteiger partial charge in [-0.1, -0.05) is 24.3 Å². The molecule has 1 aromatic carbocycles. The van der Waals surface area contributed by atoms with Gasteiger partial charge < -0.3 is 4.90 Å². The van der Waals surface area contributed by atoms with Gasteiger partial charge >= 0.3 is 0 Å². The first-order chi connectivity index (χ1) is 10.3. The zero-order valence-corrected chi connectivity index (χ0v) is 13.8. The summed E-state index contributed by atoms with van der Waals surface area (Å²) >= 11 is 0. The zero-order valence-electron chi connectivity index (χ0n) is 13.0. The molecular weight excluding hydrogens is 300 g/mol. The third kappa shape index (κ3) is 4.96. The number of sulfonamides is 1. The molecule has 0 bridgehead atoms. The standard InChI is InChI=1S/C16H22N2O3S/c1-13-5-3-4-6-14(13)7-8-16(19)18-11-9-15(10-12-18)17-22(2,20)21/h3-8,15,17H,9-12H2,1-2H3. The van der Waals surface area contributed by atoms with Gasteiger partial charge in [0.2, 0.25) is 15.9 Å². The molecular formula is C16H22N2O3S. The van der Waals surface area contributed by atoms with Crippen molar-refractivity contribution in [3.05, 3.63) is 41.5 Å². The molecule has 1 fully saturated rings. The maximum absolute atomic E-state index is 12.2. The van der Waals surface area contributed by atoms with Crippen LogP contribution in [0.2, 0.25) is 0 Å². The maximum atomic E-state index is 12.2. The van der Waals surface area contributed by atoms with Gasteiger partial charge in [-0.3, -0.25) is 4.79 Å². The maximum Gasteiger partial charge on any atom is 0.246 e. The number of benzene rings is 1. The molecule has 0 saturated carbocycles. The minimum atomic E-state index is -3.18. The lowest BCUT2D eigenvalue weighted by Gasteiger charge is -2.31. The Morgan fingerprint density at radius 3 is 2.50 bits per heavy atom. The summed E-state index contributed by atoms with van der Waals surface area (Å²) in [5.74, 6) is -0.0268. The van der Waals surface area contributed by atoms with Gasteiger partial charge in [0.25, 0.3) is 0 Å². The number of carbonyl (C=O) groups is 1. The number of nitrogens with one attached hydrogen (secondary N) is 1. The molecule has 6 heteroatoms. The highest BCUT2D eigenvalue weighted by molar-refractivity contribution is 7.88. The molecule has 5 nitrogen and oxygen atoms in total. The normalized spacial score (nSPS) is 17.1. The number of rotatable bonds is 4. The van der Waals surface area contributed by atoms with Crippen LogP contribution in [-0.2, 0) is 14.8 Å². The fourth-order valence-corrected chi connectivity index (χ4v) is 3.40. The third-order valence-corrected chi connectivity index (χ3v) is 4.54. The predicted octanol–water partition coefficient (Wildman–Crippen LogP) is 1.55. The monoisotopic (exact) mass is 322 g/mol. The van der Waals surface area contributed by atoms with Crippen LogP contribution in [0.5, 0.6) is 0 Å². The van der Waals surface area contributed by atoms with E-state index in [1.54, 1.807) is 11.0 Å². The van der Waals surface area contributed by atoms with E-state index in [2.05, 4.69) is 4.72 Å². The van der Waals surface area contributed by atoms with Gasteiger partial charge in [-0.05, 0) is 37.0 Å². The van der Waals surface area contributed by atoms with Crippen molar-refractivity contribution in [2.45, 2.75) is 25.8 Å². The Bertz CT molecular complexity index is 660. The van der Waals surface area contributed by atoms with Gasteiger partial charge in [0.1, 0.15) is 0 Å². The minimum absolute atomic E-state index is 0.0268. The van der Waals surface area contributed by atoms with Crippen molar-refractivity contribution < 1.29 is 13.2 Å². The second kappa shape index (κ2) is 7.07. The molecule has 0 radical (unpaired) electrons. The molecule has 1 saturated heterocycles. The van der Waals surface area contributed by atoms with E-state index in [0.717, 1.165) is 17.4 Å². The second-order valence-electron chi connectivity index (χ2n) is 5.68. The first-order valence-corrected chi connectivity index (χ1v) is 9.24. The predicted molar refractivity (Wildman–Crippen MR) is 87.8 cm³/mol. The first-order valence-electron chi connectivity index (χ1n) is 7.35. The van der Waals surface area contributed by atoms with Gasteiger partial charge in [-0.25, -0.2) is 13.1 Å². The third-order valence-electron chi connectivity index (χ3n) is 3.78. The summed E-state index contributed by atoms with van der Waals surface area (Å²) in [6, 6.07) is 7.82. The van der Waals surface area contributed by atoms with E-state index in [0.29, 0.717) is 25.9 Å². The molecule has 0 aromatic heterocycles. The van der Waals surface area contributed by atoms with Crippen molar-refractivity contribution in [1.29, 1.82) is 0 Å². The molecule has 1 aliphatic heterocycles. The molecule has 22 heavy (non-hydrogen) atoms. The summed E-state index contributed by atoms with van der Waals surface area (Å²) in [5.41, 5.74) is 2.16. The number of likely N-dealkylation sites (tertiary alicyclic amines) is 1. The second-order valence-corrected chi connectivity index (χ2v) is 7.46. The highest BCUT2D eigenvalue weighted by Gasteiger charge is 2.23. The average Bonchev–Trinajstić information content (AvgIpc) is 2.45. The number of piperidine rings is 1. The lowest BCUT2D eigenvalue weighted by molar-refractivity contribution is -0.126. The summed E-state index contributed by atoms with van der Waals surface area (Å²) in [6.45, 7) is 3.15. The van der Waals surface area contributed by atoms with Crippen LogP contribution < -0.4 is 4.72 Å². The number of amides is 1. The van der Waals surface area contributed by atoms with Crippen LogP contribution in [0.1, 0.15) is 24.0 Å². The van der Waals surface area contributed by atoms with Gasteiger partial charge in [0.15, 0.2) is 0 Å². The van der Waals surface area contributed by atoms with E-state index >= 15 is 0 Å². The summed E-state index contributed by atoms with van der Waals surface area (Å²) in [4.78, 5) is 13.9. The van der Waals surface area contributed by atoms with Crippen LogP contribution in [0.25, 0.3) is 6.08 Å². The van der Waals surface area contributed by atoms with Crippen molar-refractivity contribution in [3.8, 4) is 0 Å². The van der Waals surface area contributed by atoms with Gasteiger partial charge in [-0.2, -0.15) is 0 Å². The lowest BCUT2D eigenvalue weighted by atomic mass is 10.1. The van der Waals surface area contributed by atoms with E-state index in [-0.39, 0.29) is 11.9 Å². The average molecular weight is 322 g/mol. The fraction of sp³-hybridized carbons (Fsp3) is 0.438. The summed E-state index contributed by atoms with van der Waals surface area (Å²) < 4.78 is 25.0. The molecule has 1 N–H and O–H groups in total. The minimum Gasteiger partial charge on any atom is -0.339 e. The molecule has 0 unspecified atom stereocenters. The van der Waals surface area contributed by atoms with E-state index < -0.39 is 10.0 Å². The molecule has 1 aliphatic rings. The number of carbonyl (C=O) groups excluding carboxylic acids is 1. The topological polar surface area (TPSA) is 66.5 Å². The SMILES string of the molecule is Cc1ccccc1C=CC(=O)N1CCC(NS(C)(=O)=O)CC1. The first kappa shape index (κ1) is 16.7. The molecule has 120 valence electrons. The Morgan fingerprint density at radius 1 is 1.27 bits per heavy atom. The van der Waals surface area contributed by atoms with E-state index in [1.165, 1.54) is 0 Å². The highest BCUT2D eigenvalue weighted by Crippen LogP contribution is 2.13.